The highest BCUT2D eigenvalue weighted by molar-refractivity contribution is 5.89. The van der Waals surface area contributed by atoms with Gasteiger partial charge in [-0.05, 0) is 87.4 Å². The molecule has 23 nitrogen and oxygen atoms in total. The molecule has 0 fully saturated rings. The van der Waals surface area contributed by atoms with E-state index in [4.69, 9.17) is 0 Å². The highest BCUT2D eigenvalue weighted by atomic mass is 15.1. The van der Waals surface area contributed by atoms with Crippen molar-refractivity contribution >= 4 is 84.3 Å². The van der Waals surface area contributed by atoms with Crippen molar-refractivity contribution in [2.45, 2.75) is 198 Å². The Kier molecular flexibility index (Phi) is 23.6. The van der Waals surface area contributed by atoms with Crippen LogP contribution in [0.4, 0.5) is 29.1 Å². The lowest BCUT2D eigenvalue weighted by Crippen LogP contribution is -2.14. The summed E-state index contributed by atoms with van der Waals surface area (Å²) in [6.07, 6.45) is 15.2. The van der Waals surface area contributed by atoms with Gasteiger partial charge in [-0.15, -0.1) is 0 Å². The molecule has 10 aromatic heterocycles. The van der Waals surface area contributed by atoms with Gasteiger partial charge in [0.25, 0.3) is 0 Å². The fraction of sp³-hybridized carbons (Fsp3) is 0.484. The Labute approximate surface area is 500 Å². The van der Waals surface area contributed by atoms with Gasteiger partial charge in [0.2, 0.25) is 0 Å². The Bertz CT molecular complexity index is 3170. The first-order chi connectivity index (χ1) is 40.4. The first-order valence-electron chi connectivity index (χ1n) is 29.4. The number of aromatic nitrogens is 18. The molecule has 0 saturated carbocycles. The molecule has 0 bridgehead atoms. The number of fused-ring (bicyclic) bond motifs is 5. The van der Waals surface area contributed by atoms with Crippen molar-refractivity contribution in [2.24, 2.45) is 0 Å². The number of nitrogens with zero attached hydrogens (tertiary/aromatic N) is 18. The predicted octanol–water partition coefficient (Wildman–Crippen LogP) is 13.0. The predicted molar refractivity (Wildman–Crippen MR) is 344 cm³/mol. The Morgan fingerprint density at radius 1 is 0.282 bits per heavy atom. The molecule has 0 aliphatic carbocycles. The molecule has 0 unspecified atom stereocenters. The van der Waals surface area contributed by atoms with Crippen LogP contribution in [0.3, 0.4) is 0 Å². The van der Waals surface area contributed by atoms with Crippen molar-refractivity contribution < 1.29 is 0 Å². The lowest BCUT2D eigenvalue weighted by atomic mass is 10.2. The van der Waals surface area contributed by atoms with E-state index in [-0.39, 0.29) is 17.8 Å². The first-order valence-corrected chi connectivity index (χ1v) is 29.4. The van der Waals surface area contributed by atoms with Crippen LogP contribution in [-0.4, -0.2) is 120 Å². The van der Waals surface area contributed by atoms with Gasteiger partial charge in [-0.25, -0.2) is 79.7 Å². The van der Waals surface area contributed by atoms with Crippen LogP contribution < -0.4 is 26.6 Å². The summed E-state index contributed by atoms with van der Waals surface area (Å²) in [5.74, 6) is 9.68. The minimum atomic E-state index is 0.272. The molecule has 0 amide bonds. The lowest BCUT2D eigenvalue weighted by Gasteiger charge is -2.14. The number of hydrogen-bond donors (Lipinski definition) is 5. The summed E-state index contributed by atoms with van der Waals surface area (Å²) in [7, 11) is 0. The van der Waals surface area contributed by atoms with E-state index < -0.39 is 0 Å². The first kappa shape index (κ1) is 65.4. The lowest BCUT2D eigenvalue weighted by molar-refractivity contribution is 0.775. The molecule has 0 atom stereocenters. The molecule has 0 spiro atoms. The topological polar surface area (TPSA) is 292 Å². The Hall–Kier alpha value is -8.76. The molecule has 10 aromatic rings. The third kappa shape index (κ3) is 18.9. The summed E-state index contributed by atoms with van der Waals surface area (Å²) in [5, 5.41) is 18.4. The van der Waals surface area contributed by atoms with Gasteiger partial charge in [-0.1, -0.05) is 69.2 Å². The van der Waals surface area contributed by atoms with Gasteiger partial charge in [-0.2, -0.15) is 0 Å². The Morgan fingerprint density at radius 3 is 1.20 bits per heavy atom. The van der Waals surface area contributed by atoms with Crippen LogP contribution in [-0.2, 0) is 0 Å². The molecule has 5 N–H and O–H groups in total. The summed E-state index contributed by atoms with van der Waals surface area (Å²) >= 11 is 0. The second-order valence-electron chi connectivity index (χ2n) is 23.4. The monoisotopic (exact) mass is 1150 g/mol. The van der Waals surface area contributed by atoms with Gasteiger partial charge in [-0.3, -0.25) is 9.97 Å². The SMILES string of the molecule is CC(C)Nc1nc(C(C)C)nc2cccnc12.CC(C)Nc1nc(C(C)C)nc2ccncc12.CC(C)Nc1nc(C(C)C)nc2cncnc12.CC(C)Nc1nc(C(C)C)nc2nccnc12.CC(C)Nc1nc(C(C)C)nc2ncncc12. The number of nitrogens with one attached hydrogen (secondary N) is 5. The average Bonchev–Trinajstić information content (AvgIpc) is 3.62. The van der Waals surface area contributed by atoms with Gasteiger partial charge in [0.05, 0.1) is 28.0 Å². The highest BCUT2D eigenvalue weighted by Crippen LogP contribution is 2.26. The maximum Gasteiger partial charge on any atom is 0.183 e. The molecule has 0 aliphatic heterocycles. The van der Waals surface area contributed by atoms with Crippen molar-refractivity contribution in [3.05, 3.63) is 103 Å². The average molecular weight is 1150 g/mol. The zero-order valence-corrected chi connectivity index (χ0v) is 53.3. The summed E-state index contributed by atoms with van der Waals surface area (Å²) in [5.41, 5.74) is 6.32. The molecule has 23 heteroatoms. The van der Waals surface area contributed by atoms with Crippen molar-refractivity contribution in [1.82, 2.24) is 89.7 Å². The number of rotatable bonds is 15. The molecule has 0 aromatic carbocycles. The number of hydrogen-bond acceptors (Lipinski definition) is 23. The molecule has 0 saturated heterocycles. The van der Waals surface area contributed by atoms with Crippen LogP contribution >= 0.6 is 0 Å². The van der Waals surface area contributed by atoms with Crippen LogP contribution in [0, 0.1) is 0 Å². The van der Waals surface area contributed by atoms with E-state index >= 15 is 0 Å². The largest absolute Gasteiger partial charge is 0.367 e. The van der Waals surface area contributed by atoms with Crippen molar-refractivity contribution in [1.29, 1.82) is 0 Å². The van der Waals surface area contributed by atoms with E-state index in [0.29, 0.717) is 53.3 Å². The van der Waals surface area contributed by atoms with Crippen LogP contribution in [0.25, 0.3) is 55.2 Å². The van der Waals surface area contributed by atoms with Gasteiger partial charge in [0.15, 0.2) is 28.7 Å². The molecule has 10 heterocycles. The van der Waals surface area contributed by atoms with Crippen molar-refractivity contribution in [3.8, 4) is 0 Å². The third-order valence-electron chi connectivity index (χ3n) is 11.8. The quantitative estimate of drug-likeness (QED) is 0.0637. The van der Waals surface area contributed by atoms with Gasteiger partial charge in [0.1, 0.15) is 75.5 Å². The van der Waals surface area contributed by atoms with Crippen LogP contribution in [0.5, 0.6) is 0 Å². The molecular formula is C62H87N23. The normalized spacial score (nSPS) is 11.4. The Morgan fingerprint density at radius 2 is 0.671 bits per heavy atom. The fourth-order valence-electron chi connectivity index (χ4n) is 7.83. The van der Waals surface area contributed by atoms with Gasteiger partial charge in [0, 0.05) is 97.0 Å². The fourth-order valence-corrected chi connectivity index (χ4v) is 7.83. The molecular weight excluding hydrogens is 1070 g/mol. The van der Waals surface area contributed by atoms with E-state index in [2.05, 4.69) is 255 Å². The van der Waals surface area contributed by atoms with E-state index in [1.54, 1.807) is 37.2 Å². The summed E-state index contributed by atoms with van der Waals surface area (Å²) in [6.45, 7) is 41.6. The van der Waals surface area contributed by atoms with Crippen molar-refractivity contribution in [3.63, 3.8) is 0 Å². The van der Waals surface area contributed by atoms with Crippen LogP contribution in [0.1, 0.15) is 197 Å². The minimum absolute atomic E-state index is 0.272. The van der Waals surface area contributed by atoms with Crippen LogP contribution in [0.15, 0.2) is 74.2 Å². The van der Waals surface area contributed by atoms with E-state index in [1.165, 1.54) is 12.7 Å². The standard InChI is InChI=1S/2C13H18N4.3C12H17N5/c1-8(2)12-16-11-5-6-14-7-10(11)13(17-12)15-9(3)4;1-8(2)12-16-10-6-5-7-14-11(10)13(17-12)15-9(3)4;1-7(2)11-16-9-5-13-6-14-10(9)12(17-11)15-8(3)4;1-7(2)10-16-11-9(5-13-6-14-11)12(17-10)15-8(3)4;1-7(2)10-16-11-9(13-5-6-14-11)12(17-10)15-8(3)4/h2*5-9H,1-4H3,(H,15,16,17);5-8H,1-4H3,(H,15,16,17);5-8H,1-4H3,(H,13,14,15,16,17);5-8H,1-4H3,(H,14,15,16,17). The maximum absolute atomic E-state index is 4.58. The summed E-state index contributed by atoms with van der Waals surface area (Å²) in [4.78, 5) is 78.6. The Balaban J connectivity index is 0.000000170. The molecule has 0 radical (unpaired) electrons. The molecule has 10 rings (SSSR count). The molecule has 85 heavy (non-hydrogen) atoms. The van der Waals surface area contributed by atoms with Crippen LogP contribution in [0.2, 0.25) is 0 Å². The second kappa shape index (κ2) is 30.7. The molecule has 0 aliphatic rings. The van der Waals surface area contributed by atoms with E-state index in [0.717, 1.165) is 102 Å². The summed E-state index contributed by atoms with van der Waals surface area (Å²) < 4.78 is 0. The zero-order valence-electron chi connectivity index (χ0n) is 53.3. The smallest absolute Gasteiger partial charge is 0.183 e. The highest BCUT2D eigenvalue weighted by Gasteiger charge is 2.17. The minimum Gasteiger partial charge on any atom is -0.367 e. The summed E-state index contributed by atoms with van der Waals surface area (Å²) in [6, 6.07) is 7.39. The van der Waals surface area contributed by atoms with Crippen molar-refractivity contribution in [2.75, 3.05) is 26.6 Å². The number of pyridine rings is 2. The van der Waals surface area contributed by atoms with E-state index in [1.807, 2.05) is 24.4 Å². The zero-order chi connectivity index (χ0) is 62.1. The van der Waals surface area contributed by atoms with E-state index in [9.17, 15) is 0 Å². The number of anilines is 5. The van der Waals surface area contributed by atoms with Gasteiger partial charge >= 0.3 is 0 Å². The maximum atomic E-state index is 4.58. The third-order valence-corrected chi connectivity index (χ3v) is 11.8. The van der Waals surface area contributed by atoms with Gasteiger partial charge < -0.3 is 26.6 Å². The second-order valence-corrected chi connectivity index (χ2v) is 23.4. The molecule has 450 valence electrons.